The molecule has 1 aliphatic heterocycles. The van der Waals surface area contributed by atoms with Crippen LogP contribution < -0.4 is 5.32 Å². The van der Waals surface area contributed by atoms with E-state index in [0.29, 0.717) is 0 Å². The standard InChI is InChI=1S/C30H57N3O/c1-5-7-8-9-10-11-12-13-14-15-16-17-18-19-20-21-22-23-24-25-30-31-26-27-33(30,6-2)28(3)32-29(4)34/h23-24,26,28,30H,5-22,25,27H2,1-4H3/p+1/b24-23+. The van der Waals surface area contributed by atoms with Crippen LogP contribution in [0.3, 0.4) is 0 Å². The largest absolute Gasteiger partial charge is 0.307 e. The molecule has 0 saturated heterocycles. The fourth-order valence-corrected chi connectivity index (χ4v) is 5.44. The Morgan fingerprint density at radius 2 is 1.38 bits per heavy atom. The van der Waals surface area contributed by atoms with E-state index in [1.54, 1.807) is 6.92 Å². The average molecular weight is 477 g/mol. The number of nitrogens with zero attached hydrogens (tertiary/aromatic N) is 2. The molecule has 1 aliphatic rings. The lowest BCUT2D eigenvalue weighted by molar-refractivity contribution is -0.958. The number of hydrogen-bond acceptors (Lipinski definition) is 2. The molecule has 4 heteroatoms. The second-order valence-corrected chi connectivity index (χ2v) is 10.6. The first kappa shape index (κ1) is 30.9. The Morgan fingerprint density at radius 1 is 0.882 bits per heavy atom. The molecule has 34 heavy (non-hydrogen) atoms. The Bertz CT molecular complexity index is 559. The molecule has 0 aliphatic carbocycles. The van der Waals surface area contributed by atoms with E-state index in [4.69, 9.17) is 4.99 Å². The summed E-state index contributed by atoms with van der Waals surface area (Å²) >= 11 is 0. The van der Waals surface area contributed by atoms with Gasteiger partial charge in [0.1, 0.15) is 6.54 Å². The zero-order valence-electron chi connectivity index (χ0n) is 23.3. The van der Waals surface area contributed by atoms with Crippen molar-refractivity contribution in [3.63, 3.8) is 0 Å². The maximum atomic E-state index is 11.5. The minimum atomic E-state index is 0.0446. The number of carbonyl (C=O) groups excluding carboxylic acids is 1. The third-order valence-corrected chi connectivity index (χ3v) is 7.80. The van der Waals surface area contributed by atoms with Crippen LogP contribution in [0.5, 0.6) is 0 Å². The predicted octanol–water partition coefficient (Wildman–Crippen LogP) is 8.31. The average Bonchev–Trinajstić information content (AvgIpc) is 3.24. The molecule has 1 heterocycles. The van der Waals surface area contributed by atoms with Crippen molar-refractivity contribution < 1.29 is 9.28 Å². The molecule has 0 spiro atoms. The van der Waals surface area contributed by atoms with Crippen LogP contribution in [0.1, 0.15) is 143 Å². The molecule has 0 aromatic heterocycles. The van der Waals surface area contributed by atoms with E-state index in [2.05, 4.69) is 44.5 Å². The van der Waals surface area contributed by atoms with Crippen molar-refractivity contribution in [2.45, 2.75) is 156 Å². The zero-order valence-corrected chi connectivity index (χ0v) is 23.3. The van der Waals surface area contributed by atoms with Crippen LogP contribution in [0.25, 0.3) is 0 Å². The summed E-state index contributed by atoms with van der Waals surface area (Å²) in [6, 6.07) is 0. The molecule has 0 aromatic carbocycles. The van der Waals surface area contributed by atoms with Gasteiger partial charge in [-0.15, -0.1) is 0 Å². The number of carbonyl (C=O) groups is 1. The van der Waals surface area contributed by atoms with Gasteiger partial charge in [-0.3, -0.25) is 9.28 Å². The first-order valence-electron chi connectivity index (χ1n) is 14.9. The molecule has 1 rings (SSSR count). The van der Waals surface area contributed by atoms with E-state index in [1.165, 1.54) is 109 Å². The highest BCUT2D eigenvalue weighted by molar-refractivity contribution is 5.73. The van der Waals surface area contributed by atoms with Crippen molar-refractivity contribution in [3.05, 3.63) is 12.2 Å². The molecule has 0 aromatic rings. The molecule has 3 unspecified atom stereocenters. The van der Waals surface area contributed by atoms with Gasteiger partial charge >= 0.3 is 0 Å². The van der Waals surface area contributed by atoms with Crippen LogP contribution in [0.2, 0.25) is 0 Å². The van der Waals surface area contributed by atoms with Gasteiger partial charge in [0.25, 0.3) is 0 Å². The van der Waals surface area contributed by atoms with Gasteiger partial charge < -0.3 is 5.32 Å². The molecular formula is C30H58N3O+. The molecule has 0 saturated carbocycles. The number of hydrogen-bond donors (Lipinski definition) is 1. The number of aliphatic imine (C=N–C) groups is 1. The van der Waals surface area contributed by atoms with Crippen LogP contribution >= 0.6 is 0 Å². The number of rotatable bonds is 22. The molecule has 1 amide bonds. The number of nitrogens with one attached hydrogen (secondary N) is 1. The van der Waals surface area contributed by atoms with E-state index in [0.717, 1.165) is 24.0 Å². The third-order valence-electron chi connectivity index (χ3n) is 7.80. The monoisotopic (exact) mass is 476 g/mol. The molecule has 198 valence electrons. The second-order valence-electron chi connectivity index (χ2n) is 10.6. The molecule has 4 nitrogen and oxygen atoms in total. The molecular weight excluding hydrogens is 418 g/mol. The van der Waals surface area contributed by atoms with Crippen molar-refractivity contribution in [2.75, 3.05) is 13.1 Å². The molecule has 0 radical (unpaired) electrons. The zero-order chi connectivity index (χ0) is 24.9. The first-order chi connectivity index (χ1) is 16.6. The van der Waals surface area contributed by atoms with Gasteiger partial charge in [-0.25, -0.2) is 4.99 Å². The van der Waals surface area contributed by atoms with E-state index < -0.39 is 0 Å². The summed E-state index contributed by atoms with van der Waals surface area (Å²) in [5.74, 6) is 0.0446. The van der Waals surface area contributed by atoms with E-state index in [-0.39, 0.29) is 18.2 Å². The van der Waals surface area contributed by atoms with Gasteiger partial charge in [0.05, 0.1) is 12.8 Å². The van der Waals surface area contributed by atoms with Crippen molar-refractivity contribution in [1.82, 2.24) is 5.32 Å². The molecule has 1 N–H and O–H groups in total. The predicted molar refractivity (Wildman–Crippen MR) is 149 cm³/mol. The van der Waals surface area contributed by atoms with Gasteiger partial charge in [-0.1, -0.05) is 115 Å². The van der Waals surface area contributed by atoms with Crippen LogP contribution in [0.15, 0.2) is 17.1 Å². The second kappa shape index (κ2) is 20.1. The Kier molecular flexibility index (Phi) is 18.2. The van der Waals surface area contributed by atoms with Crippen molar-refractivity contribution in [3.8, 4) is 0 Å². The lowest BCUT2D eigenvalue weighted by Crippen LogP contribution is -2.63. The summed E-state index contributed by atoms with van der Waals surface area (Å²) in [5, 5.41) is 3.10. The van der Waals surface area contributed by atoms with Crippen molar-refractivity contribution in [2.24, 2.45) is 4.99 Å². The minimum Gasteiger partial charge on any atom is -0.307 e. The van der Waals surface area contributed by atoms with Crippen molar-refractivity contribution >= 4 is 12.1 Å². The van der Waals surface area contributed by atoms with Crippen LogP contribution in [-0.2, 0) is 4.79 Å². The lowest BCUT2D eigenvalue weighted by Gasteiger charge is -2.42. The van der Waals surface area contributed by atoms with Gasteiger partial charge in [-0.2, -0.15) is 0 Å². The fourth-order valence-electron chi connectivity index (χ4n) is 5.44. The molecule has 0 fully saturated rings. The number of allylic oxidation sites excluding steroid dienone is 1. The summed E-state index contributed by atoms with van der Waals surface area (Å²) in [6.07, 6.45) is 31.9. The van der Waals surface area contributed by atoms with E-state index >= 15 is 0 Å². The van der Waals surface area contributed by atoms with Gasteiger partial charge in [0.2, 0.25) is 5.91 Å². The van der Waals surface area contributed by atoms with Crippen LogP contribution in [0, 0.1) is 0 Å². The molecule has 3 atom stereocenters. The Labute approximate surface area is 212 Å². The minimum absolute atomic E-state index is 0.0446. The maximum Gasteiger partial charge on any atom is 0.221 e. The Hall–Kier alpha value is -1.16. The highest BCUT2D eigenvalue weighted by atomic mass is 16.1. The maximum absolute atomic E-state index is 11.5. The number of amides is 1. The third kappa shape index (κ3) is 13.1. The Morgan fingerprint density at radius 3 is 1.85 bits per heavy atom. The summed E-state index contributed by atoms with van der Waals surface area (Å²) in [5.41, 5.74) is 0. The summed E-state index contributed by atoms with van der Waals surface area (Å²) in [4.78, 5) is 16.3. The highest BCUT2D eigenvalue weighted by Gasteiger charge is 2.42. The Balaban J connectivity index is 1.97. The highest BCUT2D eigenvalue weighted by Crippen LogP contribution is 2.25. The van der Waals surface area contributed by atoms with E-state index in [9.17, 15) is 4.79 Å². The number of quaternary nitrogens is 1. The quantitative estimate of drug-likeness (QED) is 0.0952. The molecule has 0 bridgehead atoms. The van der Waals surface area contributed by atoms with Gasteiger partial charge in [0.15, 0.2) is 12.3 Å². The van der Waals surface area contributed by atoms with Crippen LogP contribution in [0.4, 0.5) is 0 Å². The first-order valence-corrected chi connectivity index (χ1v) is 14.9. The van der Waals surface area contributed by atoms with Gasteiger partial charge in [-0.05, 0) is 19.8 Å². The van der Waals surface area contributed by atoms with Crippen molar-refractivity contribution in [1.29, 1.82) is 0 Å². The topological polar surface area (TPSA) is 41.5 Å². The SMILES string of the molecule is CCCCCCCCCCCCCCCCCC/C=C/CC1N=CC[N+]1(CC)C(C)NC(C)=O. The smallest absolute Gasteiger partial charge is 0.221 e. The van der Waals surface area contributed by atoms with Crippen LogP contribution in [-0.4, -0.2) is 42.0 Å². The summed E-state index contributed by atoms with van der Waals surface area (Å²) < 4.78 is 0.836. The number of unbranched alkanes of at least 4 members (excludes halogenated alkanes) is 16. The van der Waals surface area contributed by atoms with Gasteiger partial charge in [0, 0.05) is 20.3 Å². The van der Waals surface area contributed by atoms with E-state index in [1.807, 2.05) is 0 Å². The lowest BCUT2D eigenvalue weighted by atomic mass is 10.0. The summed E-state index contributed by atoms with van der Waals surface area (Å²) in [6.45, 7) is 10.1. The fraction of sp³-hybridized carbons (Fsp3) is 0.867. The normalized spacial score (nSPS) is 20.9. The summed E-state index contributed by atoms with van der Waals surface area (Å²) in [7, 11) is 0.